The zero-order valence-corrected chi connectivity index (χ0v) is 21.8. The lowest BCUT2D eigenvalue weighted by atomic mass is 9.49. The van der Waals surface area contributed by atoms with Crippen molar-refractivity contribution < 1.29 is 9.59 Å². The smallest absolute Gasteiger partial charge is 0.254 e. The standard InChI is InChI=1S/C30H38N4O2/c1-29(2,3)23-6-4-22(5-7-23)28(36)34-9-8-24-25(17-34)31-18-32-27(24)33-26(35)16-30-13-19-10-20(14-30)12-21(11-19)15-30/h4-7,18-21H,8-17H2,1-3H3,(H,31,32,33,35). The van der Waals surface area contributed by atoms with Crippen LogP contribution in [0.1, 0.15) is 92.9 Å². The molecular weight excluding hydrogens is 448 g/mol. The van der Waals surface area contributed by atoms with Gasteiger partial charge in [-0.15, -0.1) is 0 Å². The molecule has 2 heterocycles. The first-order valence-corrected chi connectivity index (χ1v) is 13.7. The number of benzene rings is 1. The fourth-order valence-corrected chi connectivity index (χ4v) is 7.95. The highest BCUT2D eigenvalue weighted by Crippen LogP contribution is 2.61. The van der Waals surface area contributed by atoms with E-state index in [2.05, 4.69) is 36.1 Å². The summed E-state index contributed by atoms with van der Waals surface area (Å²) < 4.78 is 0. The Bertz CT molecular complexity index is 1150. The average molecular weight is 487 g/mol. The van der Waals surface area contributed by atoms with E-state index in [1.54, 1.807) is 0 Å². The average Bonchev–Trinajstić information content (AvgIpc) is 2.82. The number of amides is 2. The quantitative estimate of drug-likeness (QED) is 0.618. The Morgan fingerprint density at radius 1 is 1.00 bits per heavy atom. The van der Waals surface area contributed by atoms with Crippen molar-refractivity contribution in [2.24, 2.45) is 23.2 Å². The Morgan fingerprint density at radius 2 is 1.64 bits per heavy atom. The molecule has 7 rings (SSSR count). The van der Waals surface area contributed by atoms with Crippen LogP contribution in [0.25, 0.3) is 0 Å². The fourth-order valence-electron chi connectivity index (χ4n) is 7.95. The highest BCUT2D eigenvalue weighted by Gasteiger charge is 2.51. The van der Waals surface area contributed by atoms with Crippen molar-refractivity contribution in [2.45, 2.75) is 84.1 Å². The molecular formula is C30H38N4O2. The Morgan fingerprint density at radius 3 is 2.25 bits per heavy atom. The molecule has 0 unspecified atom stereocenters. The summed E-state index contributed by atoms with van der Waals surface area (Å²) >= 11 is 0. The topological polar surface area (TPSA) is 75.2 Å². The zero-order chi connectivity index (χ0) is 25.1. The van der Waals surface area contributed by atoms with Crippen LogP contribution in [0.3, 0.4) is 0 Å². The summed E-state index contributed by atoms with van der Waals surface area (Å²) in [5, 5.41) is 3.15. The predicted octanol–water partition coefficient (Wildman–Crippen LogP) is 5.52. The Labute approximate surface area is 214 Å². The Kier molecular flexibility index (Phi) is 5.69. The van der Waals surface area contributed by atoms with Gasteiger partial charge in [-0.05, 0) is 91.2 Å². The van der Waals surface area contributed by atoms with E-state index in [0.29, 0.717) is 37.3 Å². The van der Waals surface area contributed by atoms with Crippen LogP contribution in [0.2, 0.25) is 0 Å². The third-order valence-corrected chi connectivity index (χ3v) is 9.25. The summed E-state index contributed by atoms with van der Waals surface area (Å²) in [5.74, 6) is 3.26. The molecule has 2 aromatic rings. The molecule has 1 aliphatic heterocycles. The second-order valence-corrected chi connectivity index (χ2v) is 13.1. The lowest BCUT2D eigenvalue weighted by Crippen LogP contribution is -2.47. The minimum absolute atomic E-state index is 0.0205. The molecule has 0 spiro atoms. The summed E-state index contributed by atoms with van der Waals surface area (Å²) in [6, 6.07) is 7.94. The number of fused-ring (bicyclic) bond motifs is 1. The number of rotatable bonds is 4. The van der Waals surface area contributed by atoms with E-state index in [0.717, 1.165) is 29.0 Å². The molecule has 0 atom stereocenters. The van der Waals surface area contributed by atoms with E-state index in [-0.39, 0.29) is 22.6 Å². The molecule has 1 aromatic carbocycles. The second-order valence-electron chi connectivity index (χ2n) is 13.1. The first-order chi connectivity index (χ1) is 17.2. The summed E-state index contributed by atoms with van der Waals surface area (Å²) in [5.41, 5.74) is 3.98. The van der Waals surface area contributed by atoms with Crippen LogP contribution in [-0.2, 0) is 23.2 Å². The maximum Gasteiger partial charge on any atom is 0.254 e. The minimum atomic E-state index is 0.0205. The number of anilines is 1. The number of carbonyl (C=O) groups is 2. The van der Waals surface area contributed by atoms with Gasteiger partial charge in [-0.1, -0.05) is 32.9 Å². The van der Waals surface area contributed by atoms with Crippen LogP contribution in [0.5, 0.6) is 0 Å². The van der Waals surface area contributed by atoms with Gasteiger partial charge in [0.15, 0.2) is 0 Å². The number of nitrogens with one attached hydrogen (secondary N) is 1. The van der Waals surface area contributed by atoms with E-state index in [1.165, 1.54) is 50.4 Å². The Balaban J connectivity index is 1.12. The molecule has 1 N–H and O–H groups in total. The molecule has 190 valence electrons. The van der Waals surface area contributed by atoms with Crippen LogP contribution in [0.4, 0.5) is 5.82 Å². The second kappa shape index (κ2) is 8.67. The molecule has 36 heavy (non-hydrogen) atoms. The number of carbonyl (C=O) groups excluding carboxylic acids is 2. The van der Waals surface area contributed by atoms with Crippen molar-refractivity contribution in [3.8, 4) is 0 Å². The number of hydrogen-bond donors (Lipinski definition) is 1. The van der Waals surface area contributed by atoms with E-state index >= 15 is 0 Å². The van der Waals surface area contributed by atoms with E-state index in [9.17, 15) is 9.59 Å². The van der Waals surface area contributed by atoms with Crippen LogP contribution in [-0.4, -0.2) is 33.2 Å². The number of aromatic nitrogens is 2. The van der Waals surface area contributed by atoms with Crippen LogP contribution in [0, 0.1) is 23.2 Å². The molecule has 4 aliphatic carbocycles. The van der Waals surface area contributed by atoms with Gasteiger partial charge < -0.3 is 10.2 Å². The van der Waals surface area contributed by atoms with Crippen LogP contribution >= 0.6 is 0 Å². The third kappa shape index (κ3) is 4.44. The summed E-state index contributed by atoms with van der Waals surface area (Å²) in [6.07, 6.45) is 10.6. The largest absolute Gasteiger partial charge is 0.332 e. The molecule has 6 heteroatoms. The molecule has 6 nitrogen and oxygen atoms in total. The van der Waals surface area contributed by atoms with Gasteiger partial charge in [-0.25, -0.2) is 9.97 Å². The Hall–Kier alpha value is -2.76. The van der Waals surface area contributed by atoms with Gasteiger partial charge in [0.05, 0.1) is 12.2 Å². The molecule has 0 saturated heterocycles. The molecule has 5 aliphatic rings. The summed E-state index contributed by atoms with van der Waals surface area (Å²) in [4.78, 5) is 37.2. The first kappa shape index (κ1) is 23.6. The highest BCUT2D eigenvalue weighted by molar-refractivity contribution is 5.94. The number of nitrogens with zero attached hydrogens (tertiary/aromatic N) is 3. The van der Waals surface area contributed by atoms with Crippen LogP contribution < -0.4 is 5.32 Å². The molecule has 4 bridgehead atoms. The normalized spacial score (nSPS) is 28.6. The van der Waals surface area contributed by atoms with E-state index in [1.807, 2.05) is 29.2 Å². The maximum atomic E-state index is 13.2. The third-order valence-electron chi connectivity index (χ3n) is 9.25. The lowest BCUT2D eigenvalue weighted by Gasteiger charge is -2.56. The molecule has 4 saturated carbocycles. The predicted molar refractivity (Wildman–Crippen MR) is 139 cm³/mol. The van der Waals surface area contributed by atoms with Crippen molar-refractivity contribution in [1.82, 2.24) is 14.9 Å². The molecule has 4 fully saturated rings. The van der Waals surface area contributed by atoms with E-state index in [4.69, 9.17) is 0 Å². The highest BCUT2D eigenvalue weighted by atomic mass is 16.2. The van der Waals surface area contributed by atoms with Gasteiger partial charge >= 0.3 is 0 Å². The van der Waals surface area contributed by atoms with Crippen molar-refractivity contribution in [1.29, 1.82) is 0 Å². The molecule has 2 amide bonds. The van der Waals surface area contributed by atoms with Crippen molar-refractivity contribution >= 4 is 17.6 Å². The summed E-state index contributed by atoms with van der Waals surface area (Å²) in [6.45, 7) is 7.55. The monoisotopic (exact) mass is 486 g/mol. The number of hydrogen-bond acceptors (Lipinski definition) is 4. The zero-order valence-electron chi connectivity index (χ0n) is 21.8. The van der Waals surface area contributed by atoms with E-state index < -0.39 is 0 Å². The van der Waals surface area contributed by atoms with Crippen LogP contribution in [0.15, 0.2) is 30.6 Å². The van der Waals surface area contributed by atoms with Crippen molar-refractivity contribution in [2.75, 3.05) is 11.9 Å². The van der Waals surface area contributed by atoms with Gasteiger partial charge in [0, 0.05) is 24.1 Å². The fraction of sp³-hybridized carbons (Fsp3) is 0.600. The SMILES string of the molecule is CC(C)(C)c1ccc(C(=O)N2CCc3c(ncnc3NC(=O)CC34CC5CC(CC(C5)C3)C4)C2)cc1. The van der Waals surface area contributed by atoms with Gasteiger partial charge in [-0.2, -0.15) is 0 Å². The minimum Gasteiger partial charge on any atom is -0.332 e. The maximum absolute atomic E-state index is 13.2. The summed E-state index contributed by atoms with van der Waals surface area (Å²) in [7, 11) is 0. The molecule has 1 aromatic heterocycles. The van der Waals surface area contributed by atoms with Gasteiger partial charge in [0.2, 0.25) is 5.91 Å². The lowest BCUT2D eigenvalue weighted by molar-refractivity contribution is -0.124. The first-order valence-electron chi connectivity index (χ1n) is 13.7. The molecule has 0 radical (unpaired) electrons. The van der Waals surface area contributed by atoms with Crippen molar-refractivity contribution in [3.63, 3.8) is 0 Å². The van der Waals surface area contributed by atoms with Gasteiger partial charge in [0.25, 0.3) is 5.91 Å². The van der Waals surface area contributed by atoms with Crippen molar-refractivity contribution in [3.05, 3.63) is 53.0 Å². The van der Waals surface area contributed by atoms with Gasteiger partial charge in [-0.3, -0.25) is 9.59 Å². The van der Waals surface area contributed by atoms with Gasteiger partial charge in [0.1, 0.15) is 12.1 Å².